The molecule has 17 heteroatoms. The Morgan fingerprint density at radius 1 is 0.859 bits per heavy atom. The van der Waals surface area contributed by atoms with Crippen molar-refractivity contribution >= 4 is 60.2 Å². The highest BCUT2D eigenvalue weighted by atomic mass is 35.5. The van der Waals surface area contributed by atoms with E-state index in [1.54, 1.807) is 4.90 Å². The van der Waals surface area contributed by atoms with Crippen molar-refractivity contribution < 1.29 is 34.7 Å². The summed E-state index contributed by atoms with van der Waals surface area (Å²) in [5.74, 6) is 0.398. The summed E-state index contributed by atoms with van der Waals surface area (Å²) in [7, 11) is -10.6. The summed E-state index contributed by atoms with van der Waals surface area (Å²) in [6.07, 6.45) is 3.69. The lowest BCUT2D eigenvalue weighted by Gasteiger charge is -2.40. The van der Waals surface area contributed by atoms with Crippen molar-refractivity contribution in [3.63, 3.8) is 0 Å². The minimum absolute atomic E-state index is 0.0493. The Morgan fingerprint density at radius 3 is 2.17 bits per heavy atom. The van der Waals surface area contributed by atoms with Crippen molar-refractivity contribution in [1.82, 2.24) is 9.80 Å². The third-order valence-corrected chi connectivity index (χ3v) is 16.3. The number of halogens is 4. The average molecular weight is 961 g/mol. The zero-order valence-electron chi connectivity index (χ0n) is 36.3. The van der Waals surface area contributed by atoms with Gasteiger partial charge in [0.1, 0.15) is 4.90 Å². The summed E-state index contributed by atoms with van der Waals surface area (Å²) < 4.78 is 100. The summed E-state index contributed by atoms with van der Waals surface area (Å²) in [5.41, 5.74) is 0.181. The van der Waals surface area contributed by atoms with Crippen molar-refractivity contribution in [3.05, 3.63) is 119 Å². The van der Waals surface area contributed by atoms with Crippen LogP contribution in [0.5, 0.6) is 0 Å². The zero-order chi connectivity index (χ0) is 45.7. The number of rotatable bonds is 16. The minimum Gasteiger partial charge on any atom is -0.379 e. The van der Waals surface area contributed by atoms with Crippen LogP contribution in [0.1, 0.15) is 50.7 Å². The second-order valence-electron chi connectivity index (χ2n) is 17.6. The Bertz CT molecular complexity index is 2460. The normalized spacial score (nSPS) is 18.6. The number of thioether (sulfide) groups is 1. The minimum atomic E-state index is -6.04. The molecule has 0 aromatic heterocycles. The Hall–Kier alpha value is -3.61. The highest BCUT2D eigenvalue weighted by Gasteiger charge is 2.49. The van der Waals surface area contributed by atoms with Gasteiger partial charge in [0.15, 0.2) is 0 Å². The molecule has 7 rings (SSSR count). The highest BCUT2D eigenvalue weighted by molar-refractivity contribution is 7.99. The van der Waals surface area contributed by atoms with Gasteiger partial charge in [0.05, 0.1) is 23.8 Å². The van der Waals surface area contributed by atoms with E-state index < -0.39 is 41.2 Å². The van der Waals surface area contributed by atoms with E-state index in [-0.39, 0.29) is 17.6 Å². The molecule has 346 valence electrons. The first kappa shape index (κ1) is 48.3. The molecule has 0 spiro atoms. The van der Waals surface area contributed by atoms with Gasteiger partial charge in [0, 0.05) is 86.3 Å². The first-order chi connectivity index (χ1) is 30.4. The molecule has 4 aromatic rings. The van der Waals surface area contributed by atoms with E-state index in [0.717, 1.165) is 85.3 Å². The van der Waals surface area contributed by atoms with Gasteiger partial charge in [-0.05, 0) is 102 Å². The van der Waals surface area contributed by atoms with Crippen LogP contribution in [-0.4, -0.2) is 110 Å². The van der Waals surface area contributed by atoms with Gasteiger partial charge in [-0.3, -0.25) is 9.80 Å². The van der Waals surface area contributed by atoms with Crippen LogP contribution in [0, 0.1) is 5.41 Å². The number of nitrogens with zero attached hydrogens (tertiary/aromatic N) is 4. The predicted molar refractivity (Wildman–Crippen MR) is 251 cm³/mol. The molecular formula is C47H57ClF3N5O5S3. The number of piperazine rings is 1. The summed E-state index contributed by atoms with van der Waals surface area (Å²) >= 11 is 7.74. The van der Waals surface area contributed by atoms with Crippen LogP contribution in [0.25, 0.3) is 5.57 Å². The summed E-state index contributed by atoms with van der Waals surface area (Å²) in [6.45, 7) is 12.1. The fourth-order valence-electron chi connectivity index (χ4n) is 8.86. The quantitative estimate of drug-likeness (QED) is 0.109. The van der Waals surface area contributed by atoms with Crippen LogP contribution in [0.2, 0.25) is 5.02 Å². The second kappa shape index (κ2) is 20.5. The van der Waals surface area contributed by atoms with Crippen LogP contribution in [0.4, 0.5) is 24.5 Å². The Morgan fingerprint density at radius 2 is 1.53 bits per heavy atom. The smallest absolute Gasteiger partial charge is 0.379 e. The number of sulfonamides is 1. The summed E-state index contributed by atoms with van der Waals surface area (Å²) in [6, 6.07) is 27.9. The number of anilines is 2. The number of alkyl halides is 3. The summed E-state index contributed by atoms with van der Waals surface area (Å²) in [5, 5.41) is 6.08. The lowest BCUT2D eigenvalue weighted by atomic mass is 9.73. The molecule has 0 radical (unpaired) electrons. The number of benzene rings is 4. The van der Waals surface area contributed by atoms with Crippen molar-refractivity contribution in [1.29, 1.82) is 0 Å². The standard InChI is InChI=1S/C47H57ClF3N5O5S3/c1-46(2)20-18-43(36-10-12-38(48)13-11-36)37(31-46)33-54-22-24-55(25-23-54)39-14-8-35(9-15-39)32-56(44-17-16-42(64(52,59)60)30-45(44)63(57,58)47(49,50)51)40(19-21-53-26-28-61-29-27-53)34-62-41-6-4-3-5-7-41/h3-17,30,40H,18-29,31-34H2,1-2H3,(H2,52,59,60)/t40-/m1/s1. The van der Waals surface area contributed by atoms with Gasteiger partial charge in [-0.15, -0.1) is 11.8 Å². The van der Waals surface area contributed by atoms with Crippen LogP contribution in [-0.2, 0) is 31.1 Å². The fraction of sp³-hybridized carbons (Fsp3) is 0.447. The number of allylic oxidation sites excluding steroid dienone is 1. The van der Waals surface area contributed by atoms with E-state index in [1.165, 1.54) is 28.5 Å². The maximum absolute atomic E-state index is 14.4. The first-order valence-electron chi connectivity index (χ1n) is 21.6. The SMILES string of the molecule is CC1(C)CCC(c2ccc(Cl)cc2)=C(CN2CCN(c3ccc(CN(c4ccc(S(N)(=O)=O)cc4S(=O)(=O)C(F)(F)F)[C@H](CCN4CCOCC4)CSc4ccccc4)cc3)CC2)C1. The molecule has 1 aliphatic carbocycles. The van der Waals surface area contributed by atoms with Crippen LogP contribution in [0.15, 0.2) is 117 Å². The summed E-state index contributed by atoms with van der Waals surface area (Å²) in [4.78, 5) is 7.82. The lowest BCUT2D eigenvalue weighted by molar-refractivity contribution is -0.0436. The monoisotopic (exact) mass is 959 g/mol. The van der Waals surface area contributed by atoms with Gasteiger partial charge < -0.3 is 14.5 Å². The molecule has 64 heavy (non-hydrogen) atoms. The van der Waals surface area contributed by atoms with Crippen LogP contribution >= 0.6 is 23.4 Å². The first-order valence-corrected chi connectivity index (χ1v) is 26.0. The van der Waals surface area contributed by atoms with E-state index in [0.29, 0.717) is 51.1 Å². The third kappa shape index (κ3) is 12.2. The molecule has 2 N–H and O–H groups in total. The highest BCUT2D eigenvalue weighted by Crippen LogP contribution is 2.43. The largest absolute Gasteiger partial charge is 0.501 e. The zero-order valence-corrected chi connectivity index (χ0v) is 39.5. The average Bonchev–Trinajstić information content (AvgIpc) is 3.26. The molecule has 2 aliphatic heterocycles. The molecule has 2 fully saturated rings. The number of primary sulfonamides is 1. The molecule has 2 saturated heterocycles. The van der Waals surface area contributed by atoms with Gasteiger partial charge in [0.2, 0.25) is 10.0 Å². The van der Waals surface area contributed by atoms with Crippen molar-refractivity contribution in [3.8, 4) is 0 Å². The molecule has 3 aliphatic rings. The molecule has 10 nitrogen and oxygen atoms in total. The van der Waals surface area contributed by atoms with Crippen molar-refractivity contribution in [2.75, 3.05) is 81.1 Å². The number of nitrogens with two attached hydrogens (primary N) is 1. The molecule has 1 atom stereocenters. The molecular weight excluding hydrogens is 903 g/mol. The Kier molecular flexibility index (Phi) is 15.5. The van der Waals surface area contributed by atoms with Gasteiger partial charge in [-0.25, -0.2) is 22.0 Å². The van der Waals surface area contributed by atoms with Gasteiger partial charge in [0.25, 0.3) is 9.84 Å². The maximum Gasteiger partial charge on any atom is 0.501 e. The van der Waals surface area contributed by atoms with E-state index >= 15 is 0 Å². The topological polar surface area (TPSA) is 116 Å². The number of hydrogen-bond donors (Lipinski definition) is 1. The van der Waals surface area contributed by atoms with E-state index in [4.69, 9.17) is 21.5 Å². The van der Waals surface area contributed by atoms with Crippen LogP contribution < -0.4 is 14.9 Å². The maximum atomic E-state index is 14.4. The van der Waals surface area contributed by atoms with Gasteiger partial charge >= 0.3 is 5.51 Å². The number of morpholine rings is 1. The Balaban J connectivity index is 1.15. The molecule has 0 bridgehead atoms. The second-order valence-corrected chi connectivity index (χ2v) is 22.6. The van der Waals surface area contributed by atoms with Gasteiger partial charge in [-0.1, -0.05) is 73.5 Å². The molecule has 0 unspecified atom stereocenters. The predicted octanol–water partition coefficient (Wildman–Crippen LogP) is 8.96. The molecule has 2 heterocycles. The number of ether oxygens (including phenoxy) is 1. The van der Waals surface area contributed by atoms with Crippen molar-refractivity contribution in [2.45, 2.75) is 72.3 Å². The van der Waals surface area contributed by atoms with Crippen LogP contribution in [0.3, 0.4) is 0 Å². The third-order valence-electron chi connectivity index (χ3n) is 12.5. The molecule has 0 amide bonds. The fourth-order valence-corrected chi connectivity index (χ4v) is 11.7. The number of hydrogen-bond acceptors (Lipinski definition) is 10. The molecule has 0 saturated carbocycles. The van der Waals surface area contributed by atoms with E-state index in [2.05, 4.69) is 40.7 Å². The molecule has 4 aromatic carbocycles. The lowest BCUT2D eigenvalue weighted by Crippen LogP contribution is -2.47. The van der Waals surface area contributed by atoms with E-state index in [1.807, 2.05) is 66.7 Å². The van der Waals surface area contributed by atoms with Gasteiger partial charge in [-0.2, -0.15) is 13.2 Å². The number of sulfone groups is 1. The Labute approximate surface area is 385 Å². The van der Waals surface area contributed by atoms with Crippen molar-refractivity contribution in [2.24, 2.45) is 10.6 Å². The van der Waals surface area contributed by atoms with E-state index in [9.17, 15) is 30.0 Å².